The third-order valence-electron chi connectivity index (χ3n) is 11.7. The van der Waals surface area contributed by atoms with Crippen LogP contribution in [0.1, 0.15) is 95.9 Å². The summed E-state index contributed by atoms with van der Waals surface area (Å²) in [5.41, 5.74) is 7.11. The summed E-state index contributed by atoms with van der Waals surface area (Å²) < 4.78 is 3.69. The van der Waals surface area contributed by atoms with Crippen molar-refractivity contribution in [2.75, 3.05) is 23.7 Å². The minimum absolute atomic E-state index is 0.187. The summed E-state index contributed by atoms with van der Waals surface area (Å²) in [4.78, 5) is 50.1. The maximum Gasteiger partial charge on any atom is 0.306 e. The van der Waals surface area contributed by atoms with Crippen LogP contribution in [0.25, 0.3) is 11.1 Å². The average Bonchev–Trinajstić information content (AvgIpc) is 3.58. The number of aliphatic carboxylic acids is 1. The standard InChI is InChI=1S/C42H49Cl2N7O5/c1-24(52)22-51-21-20-35-33(23-51)46-39(50(35)3)41(54)48-32-9-5-7-29(37(32)44)28-6-4-8-31(36(28)43)47-40(53)38-45-30-18-14-26(15-19-34(30)49(38)2)11-10-25-12-16-27(17-13-25)42(55)56/h4-9,14,24-25,27,52H,10-13,15-23H2,1-3H3,(H,47,53)(H,48,54)(H,55,56)/t24-,25?,27?/m1/s1. The molecule has 1 saturated carbocycles. The second kappa shape index (κ2) is 16.9. The smallest absolute Gasteiger partial charge is 0.306 e. The van der Waals surface area contributed by atoms with Crippen molar-refractivity contribution >= 4 is 52.4 Å². The molecule has 1 aliphatic heterocycles. The zero-order valence-electron chi connectivity index (χ0n) is 32.1. The molecule has 7 rings (SSSR count). The van der Waals surface area contributed by atoms with E-state index in [0.717, 1.165) is 87.1 Å². The van der Waals surface area contributed by atoms with E-state index < -0.39 is 18.0 Å². The highest BCUT2D eigenvalue weighted by Crippen LogP contribution is 2.41. The molecule has 296 valence electrons. The van der Waals surface area contributed by atoms with Gasteiger partial charge in [0, 0.05) is 69.1 Å². The van der Waals surface area contributed by atoms with Gasteiger partial charge >= 0.3 is 5.97 Å². The van der Waals surface area contributed by atoms with Crippen LogP contribution in [0.4, 0.5) is 11.4 Å². The number of carbonyl (C=O) groups excluding carboxylic acids is 2. The minimum atomic E-state index is -0.664. The third-order valence-corrected chi connectivity index (χ3v) is 12.5. The second-order valence-corrected chi connectivity index (χ2v) is 16.3. The Kier molecular flexibility index (Phi) is 12.0. The van der Waals surface area contributed by atoms with Gasteiger partial charge in [0.05, 0.1) is 44.8 Å². The third kappa shape index (κ3) is 8.44. The van der Waals surface area contributed by atoms with Crippen LogP contribution in [0, 0.1) is 11.8 Å². The van der Waals surface area contributed by atoms with Crippen molar-refractivity contribution in [1.29, 1.82) is 0 Å². The first-order valence-corrected chi connectivity index (χ1v) is 20.2. The molecule has 0 radical (unpaired) electrons. The SMILES string of the molecule is C[C@@H](O)CN1CCc2c(nc(C(=O)Nc3cccc(-c4cccc(NC(=O)c5nc6c(n5C)CCC(CCC5CCC(C(=O)O)CC5)=CC6)c4Cl)c3Cl)n2C)C1. The number of hydrogen-bond acceptors (Lipinski definition) is 7. The van der Waals surface area contributed by atoms with Crippen LogP contribution in [-0.2, 0) is 44.7 Å². The van der Waals surface area contributed by atoms with Gasteiger partial charge in [0.1, 0.15) is 0 Å². The zero-order chi connectivity index (χ0) is 39.7. The van der Waals surface area contributed by atoms with Crippen LogP contribution >= 0.6 is 23.2 Å². The van der Waals surface area contributed by atoms with Crippen LogP contribution in [0.3, 0.4) is 0 Å². The topological polar surface area (TPSA) is 155 Å². The highest BCUT2D eigenvalue weighted by Gasteiger charge is 2.29. The van der Waals surface area contributed by atoms with E-state index in [2.05, 4.69) is 26.6 Å². The number of carboxylic acids is 1. The summed E-state index contributed by atoms with van der Waals surface area (Å²) in [6.45, 7) is 3.64. The van der Waals surface area contributed by atoms with Gasteiger partial charge < -0.3 is 30.0 Å². The summed E-state index contributed by atoms with van der Waals surface area (Å²) in [5, 5.41) is 25.6. The Morgan fingerprint density at radius 2 is 1.41 bits per heavy atom. The lowest BCUT2D eigenvalue weighted by Gasteiger charge is -2.27. The lowest BCUT2D eigenvalue weighted by atomic mass is 9.79. The average molecular weight is 803 g/mol. The molecule has 0 unspecified atom stereocenters. The monoisotopic (exact) mass is 801 g/mol. The van der Waals surface area contributed by atoms with Crippen LogP contribution in [0.15, 0.2) is 48.0 Å². The molecule has 0 spiro atoms. The van der Waals surface area contributed by atoms with Crippen LogP contribution < -0.4 is 10.6 Å². The van der Waals surface area contributed by atoms with Crippen molar-refractivity contribution in [2.24, 2.45) is 25.9 Å². The molecule has 2 aromatic heterocycles. The molecule has 4 N–H and O–H groups in total. The Bertz CT molecular complexity index is 2180. The second-order valence-electron chi connectivity index (χ2n) is 15.5. The minimum Gasteiger partial charge on any atom is -0.481 e. The summed E-state index contributed by atoms with van der Waals surface area (Å²) in [6, 6.07) is 10.6. The molecule has 14 heteroatoms. The van der Waals surface area contributed by atoms with Gasteiger partial charge in [-0.05, 0) is 76.3 Å². The molecule has 3 heterocycles. The first kappa shape index (κ1) is 39.7. The van der Waals surface area contributed by atoms with Gasteiger partial charge in [-0.2, -0.15) is 0 Å². The van der Waals surface area contributed by atoms with Gasteiger partial charge in [-0.3, -0.25) is 19.3 Å². The Morgan fingerprint density at radius 3 is 1.98 bits per heavy atom. The van der Waals surface area contributed by atoms with Gasteiger partial charge in [0.15, 0.2) is 11.6 Å². The maximum absolute atomic E-state index is 13.7. The van der Waals surface area contributed by atoms with Gasteiger partial charge in [0.2, 0.25) is 0 Å². The van der Waals surface area contributed by atoms with Gasteiger partial charge in [-0.1, -0.05) is 59.1 Å². The maximum atomic E-state index is 13.7. The molecular weight excluding hydrogens is 753 g/mol. The predicted octanol–water partition coefficient (Wildman–Crippen LogP) is 7.46. The fourth-order valence-corrected chi connectivity index (χ4v) is 9.10. The normalized spacial score (nSPS) is 19.0. The summed E-state index contributed by atoms with van der Waals surface area (Å²) in [5.74, 6) is -0.468. The van der Waals surface area contributed by atoms with Crippen LogP contribution in [-0.4, -0.2) is 71.2 Å². The number of amides is 2. The van der Waals surface area contributed by atoms with E-state index in [0.29, 0.717) is 63.8 Å². The van der Waals surface area contributed by atoms with E-state index in [4.69, 9.17) is 28.2 Å². The van der Waals surface area contributed by atoms with E-state index in [1.807, 2.05) is 35.4 Å². The summed E-state index contributed by atoms with van der Waals surface area (Å²) >= 11 is 13.9. The van der Waals surface area contributed by atoms with Crippen molar-refractivity contribution in [3.8, 4) is 11.1 Å². The van der Waals surface area contributed by atoms with Crippen molar-refractivity contribution in [1.82, 2.24) is 24.0 Å². The highest BCUT2D eigenvalue weighted by molar-refractivity contribution is 6.40. The number of anilines is 2. The van der Waals surface area contributed by atoms with E-state index in [-0.39, 0.29) is 17.6 Å². The predicted molar refractivity (Wildman–Crippen MR) is 217 cm³/mol. The number of aliphatic hydroxyl groups is 1. The number of carboxylic acid groups (broad SMARTS) is 1. The molecule has 1 fully saturated rings. The zero-order valence-corrected chi connectivity index (χ0v) is 33.6. The quantitative estimate of drug-likeness (QED) is 0.114. The number of halogens is 2. The van der Waals surface area contributed by atoms with E-state index in [1.165, 1.54) is 5.57 Å². The van der Waals surface area contributed by atoms with E-state index in [1.54, 1.807) is 31.2 Å². The number of β-amino-alcohol motifs (C(OH)–C–C–N with tert-alkyl or cyclic N) is 1. The number of aliphatic hydroxyl groups excluding tert-OH is 1. The number of nitrogens with one attached hydrogen (secondary N) is 2. The van der Waals surface area contributed by atoms with Crippen molar-refractivity contribution < 1.29 is 24.6 Å². The van der Waals surface area contributed by atoms with Crippen LogP contribution in [0.2, 0.25) is 10.0 Å². The number of nitrogens with zero attached hydrogens (tertiary/aromatic N) is 5. The number of benzene rings is 2. The number of carbonyl (C=O) groups is 3. The summed E-state index contributed by atoms with van der Waals surface area (Å²) in [6.07, 6.45) is 10.5. The van der Waals surface area contributed by atoms with E-state index in [9.17, 15) is 24.6 Å². The molecule has 2 aliphatic carbocycles. The fourth-order valence-electron chi connectivity index (χ4n) is 8.55. The first-order chi connectivity index (χ1) is 26.9. The lowest BCUT2D eigenvalue weighted by Crippen LogP contribution is -2.36. The van der Waals surface area contributed by atoms with Crippen LogP contribution in [0.5, 0.6) is 0 Å². The summed E-state index contributed by atoms with van der Waals surface area (Å²) in [7, 11) is 3.70. The van der Waals surface area contributed by atoms with Gasteiger partial charge in [0.25, 0.3) is 11.8 Å². The lowest BCUT2D eigenvalue weighted by molar-refractivity contribution is -0.143. The van der Waals surface area contributed by atoms with E-state index >= 15 is 0 Å². The Labute approximate surface area is 336 Å². The molecule has 56 heavy (non-hydrogen) atoms. The Balaban J connectivity index is 1.01. The van der Waals surface area contributed by atoms with Gasteiger partial charge in [-0.25, -0.2) is 9.97 Å². The molecule has 2 amide bonds. The number of rotatable bonds is 11. The molecule has 12 nitrogen and oxygen atoms in total. The Hall–Kier alpha value is -4.49. The molecule has 2 aromatic carbocycles. The Morgan fingerprint density at radius 1 is 0.839 bits per heavy atom. The van der Waals surface area contributed by atoms with Crippen molar-refractivity contribution in [3.63, 3.8) is 0 Å². The number of aromatic nitrogens is 4. The largest absolute Gasteiger partial charge is 0.481 e. The van der Waals surface area contributed by atoms with Crippen molar-refractivity contribution in [3.05, 3.63) is 92.5 Å². The van der Waals surface area contributed by atoms with Gasteiger partial charge in [-0.15, -0.1) is 0 Å². The number of fused-ring (bicyclic) bond motifs is 2. The number of hydrogen-bond donors (Lipinski definition) is 4. The molecule has 0 bridgehead atoms. The number of allylic oxidation sites excluding steroid dienone is 2. The first-order valence-electron chi connectivity index (χ1n) is 19.5. The number of imidazole rings is 2. The molecule has 1 atom stereocenters. The fraction of sp³-hybridized carbons (Fsp3) is 0.452. The molecule has 0 saturated heterocycles. The molecule has 4 aromatic rings. The molecule has 3 aliphatic rings. The highest BCUT2D eigenvalue weighted by atomic mass is 35.5. The molecular formula is C42H49Cl2N7O5. The van der Waals surface area contributed by atoms with Crippen molar-refractivity contribution in [2.45, 2.75) is 83.8 Å².